The molecule has 0 saturated carbocycles. The lowest BCUT2D eigenvalue weighted by atomic mass is 9.84. The molecule has 0 radical (unpaired) electrons. The SMILES string of the molecule is CCCCc1cc(C)c(-n2c3ccc(C)cc3c3cc4c(cc32)c2cc(C)ccc2n4-c2c(C)cc(C(C)(C)C)cc2C)c(C)c1. The number of hydrogen-bond donors (Lipinski definition) is 0. The maximum absolute atomic E-state index is 2.55. The number of aromatic nitrogens is 2. The van der Waals surface area contributed by atoms with Crippen molar-refractivity contribution in [3.8, 4) is 11.4 Å². The Morgan fingerprint density at radius 3 is 1.33 bits per heavy atom. The Hall–Kier alpha value is -4.30. The van der Waals surface area contributed by atoms with E-state index in [-0.39, 0.29) is 5.41 Å². The first-order valence-electron chi connectivity index (χ1n) is 17.1. The fourth-order valence-electron chi connectivity index (χ4n) is 7.91. The van der Waals surface area contributed by atoms with Gasteiger partial charge in [-0.25, -0.2) is 0 Å². The van der Waals surface area contributed by atoms with Crippen molar-refractivity contribution in [2.75, 3.05) is 0 Å². The molecule has 0 N–H and O–H groups in total. The van der Waals surface area contributed by atoms with Crippen LogP contribution in [0.3, 0.4) is 0 Å². The van der Waals surface area contributed by atoms with Gasteiger partial charge in [-0.1, -0.05) is 81.6 Å². The molecule has 2 heterocycles. The van der Waals surface area contributed by atoms with Crippen LogP contribution in [0.2, 0.25) is 0 Å². The second-order valence-corrected chi connectivity index (χ2v) is 15.0. The van der Waals surface area contributed by atoms with Crippen LogP contribution < -0.4 is 0 Å². The van der Waals surface area contributed by atoms with Crippen molar-refractivity contribution in [1.82, 2.24) is 9.13 Å². The molecule has 0 atom stereocenters. The lowest BCUT2D eigenvalue weighted by Crippen LogP contribution is -2.13. The van der Waals surface area contributed by atoms with Crippen molar-refractivity contribution >= 4 is 43.6 Å². The van der Waals surface area contributed by atoms with E-state index in [1.165, 1.54) is 112 Å². The van der Waals surface area contributed by atoms with E-state index in [1.807, 2.05) is 0 Å². The number of aryl methyl sites for hydroxylation is 7. The molecule has 0 bridgehead atoms. The Kier molecular flexibility index (Phi) is 7.20. The molecule has 2 aromatic heterocycles. The molecule has 0 fully saturated rings. The van der Waals surface area contributed by atoms with E-state index >= 15 is 0 Å². The summed E-state index contributed by atoms with van der Waals surface area (Å²) < 4.78 is 5.09. The monoisotopic (exact) mass is 604 g/mol. The third-order valence-corrected chi connectivity index (χ3v) is 10.1. The smallest absolute Gasteiger partial charge is 0.0549 e. The summed E-state index contributed by atoms with van der Waals surface area (Å²) in [4.78, 5) is 0. The molecule has 46 heavy (non-hydrogen) atoms. The molecule has 7 rings (SSSR count). The maximum atomic E-state index is 2.55. The van der Waals surface area contributed by atoms with Gasteiger partial charge < -0.3 is 9.13 Å². The number of nitrogens with zero attached hydrogens (tertiary/aromatic N) is 2. The molecule has 0 aliphatic rings. The Bertz CT molecular complexity index is 2280. The summed E-state index contributed by atoms with van der Waals surface area (Å²) in [7, 11) is 0. The predicted molar refractivity (Wildman–Crippen MR) is 201 cm³/mol. The zero-order valence-electron chi connectivity index (χ0n) is 29.4. The highest BCUT2D eigenvalue weighted by Gasteiger charge is 2.23. The van der Waals surface area contributed by atoms with Gasteiger partial charge in [-0.2, -0.15) is 0 Å². The van der Waals surface area contributed by atoms with Crippen LogP contribution in [-0.2, 0) is 11.8 Å². The summed E-state index contributed by atoms with van der Waals surface area (Å²) in [5.41, 5.74) is 18.5. The van der Waals surface area contributed by atoms with E-state index < -0.39 is 0 Å². The maximum Gasteiger partial charge on any atom is 0.0549 e. The van der Waals surface area contributed by atoms with Crippen molar-refractivity contribution in [1.29, 1.82) is 0 Å². The first-order valence-corrected chi connectivity index (χ1v) is 17.1. The minimum Gasteiger partial charge on any atom is -0.309 e. The molecule has 5 aromatic carbocycles. The van der Waals surface area contributed by atoms with Gasteiger partial charge in [0.05, 0.1) is 33.4 Å². The molecule has 2 nitrogen and oxygen atoms in total. The summed E-state index contributed by atoms with van der Waals surface area (Å²) in [5.74, 6) is 0. The number of benzene rings is 5. The van der Waals surface area contributed by atoms with Crippen molar-refractivity contribution in [3.63, 3.8) is 0 Å². The van der Waals surface area contributed by atoms with E-state index in [1.54, 1.807) is 0 Å². The molecule has 0 spiro atoms. The summed E-state index contributed by atoms with van der Waals surface area (Å²) in [6, 6.07) is 28.5. The van der Waals surface area contributed by atoms with Gasteiger partial charge in [0.1, 0.15) is 0 Å². The minimum atomic E-state index is 0.0995. The van der Waals surface area contributed by atoms with Gasteiger partial charge in [-0.05, 0) is 130 Å². The average molecular weight is 605 g/mol. The van der Waals surface area contributed by atoms with Gasteiger partial charge in [-0.15, -0.1) is 0 Å². The first kappa shape index (κ1) is 30.4. The Balaban J connectivity index is 1.61. The van der Waals surface area contributed by atoms with E-state index in [9.17, 15) is 0 Å². The van der Waals surface area contributed by atoms with Gasteiger partial charge in [0, 0.05) is 21.5 Å². The van der Waals surface area contributed by atoms with Gasteiger partial charge in [0.15, 0.2) is 0 Å². The van der Waals surface area contributed by atoms with Crippen LogP contribution in [0, 0.1) is 41.5 Å². The highest BCUT2D eigenvalue weighted by Crippen LogP contribution is 2.42. The molecule has 0 aliphatic carbocycles. The molecular weight excluding hydrogens is 556 g/mol. The third kappa shape index (κ3) is 4.77. The van der Waals surface area contributed by atoms with Crippen molar-refractivity contribution in [3.05, 3.63) is 117 Å². The highest BCUT2D eigenvalue weighted by atomic mass is 15.0. The Morgan fingerprint density at radius 2 is 0.913 bits per heavy atom. The molecular formula is C44H48N2. The summed E-state index contributed by atoms with van der Waals surface area (Å²) in [6.45, 7) is 22.8. The summed E-state index contributed by atoms with van der Waals surface area (Å²) in [5, 5.41) is 5.24. The van der Waals surface area contributed by atoms with Gasteiger partial charge in [0.25, 0.3) is 0 Å². The lowest BCUT2D eigenvalue weighted by molar-refractivity contribution is 0.589. The zero-order chi connectivity index (χ0) is 32.7. The van der Waals surface area contributed by atoms with Crippen LogP contribution in [-0.4, -0.2) is 9.13 Å². The van der Waals surface area contributed by atoms with Crippen LogP contribution in [0.5, 0.6) is 0 Å². The third-order valence-electron chi connectivity index (χ3n) is 10.1. The van der Waals surface area contributed by atoms with Crippen LogP contribution >= 0.6 is 0 Å². The van der Waals surface area contributed by atoms with Crippen molar-refractivity contribution in [2.45, 2.75) is 93.9 Å². The van der Waals surface area contributed by atoms with Gasteiger partial charge >= 0.3 is 0 Å². The van der Waals surface area contributed by atoms with Gasteiger partial charge in [-0.3, -0.25) is 0 Å². The van der Waals surface area contributed by atoms with Crippen LogP contribution in [0.1, 0.15) is 85.0 Å². The van der Waals surface area contributed by atoms with Crippen LogP contribution in [0.25, 0.3) is 55.0 Å². The van der Waals surface area contributed by atoms with Gasteiger partial charge in [0.2, 0.25) is 0 Å². The first-order chi connectivity index (χ1) is 21.9. The topological polar surface area (TPSA) is 9.86 Å². The second-order valence-electron chi connectivity index (χ2n) is 15.0. The summed E-state index contributed by atoms with van der Waals surface area (Å²) >= 11 is 0. The fourth-order valence-corrected chi connectivity index (χ4v) is 7.91. The number of unbranched alkanes of at least 4 members (excludes halogenated alkanes) is 1. The Labute approximate surface area is 274 Å². The molecule has 7 aromatic rings. The van der Waals surface area contributed by atoms with Crippen molar-refractivity contribution in [2.24, 2.45) is 0 Å². The van der Waals surface area contributed by atoms with E-state index in [4.69, 9.17) is 0 Å². The zero-order valence-corrected chi connectivity index (χ0v) is 29.4. The second kappa shape index (κ2) is 10.9. The molecule has 0 unspecified atom stereocenters. The van der Waals surface area contributed by atoms with Crippen molar-refractivity contribution < 1.29 is 0 Å². The van der Waals surface area contributed by atoms with E-state index in [0.29, 0.717) is 0 Å². The molecule has 2 heteroatoms. The quantitative estimate of drug-likeness (QED) is 0.185. The highest BCUT2D eigenvalue weighted by molar-refractivity contribution is 6.19. The average Bonchev–Trinajstić information content (AvgIpc) is 3.45. The van der Waals surface area contributed by atoms with Crippen LogP contribution in [0.15, 0.2) is 72.8 Å². The number of rotatable bonds is 5. The normalized spacial score (nSPS) is 12.4. The molecule has 234 valence electrons. The van der Waals surface area contributed by atoms with Crippen LogP contribution in [0.4, 0.5) is 0 Å². The largest absolute Gasteiger partial charge is 0.309 e. The van der Waals surface area contributed by atoms with E-state index in [0.717, 1.165) is 6.42 Å². The fraction of sp³-hybridized carbons (Fsp3) is 0.318. The lowest BCUT2D eigenvalue weighted by Gasteiger charge is -2.23. The Morgan fingerprint density at radius 1 is 0.500 bits per heavy atom. The minimum absolute atomic E-state index is 0.0995. The molecule has 0 amide bonds. The standard InChI is InChI=1S/C44H48N2/c1-11-12-13-32-20-28(4)42(29(5)21-32)45-38-16-14-26(2)18-34(38)36-25-41-37(24-40(36)45)35-19-27(3)15-17-39(35)46(41)43-30(6)22-33(23-31(43)7)44(8,9)10/h14-25H,11-13H2,1-10H3. The predicted octanol–water partition coefficient (Wildman–Crippen LogP) is 12.4. The molecule has 0 saturated heterocycles. The van der Waals surface area contributed by atoms with E-state index in [2.05, 4.69) is 151 Å². The number of hydrogen-bond acceptors (Lipinski definition) is 0. The number of fused-ring (bicyclic) bond motifs is 6. The summed E-state index contributed by atoms with van der Waals surface area (Å²) in [6.07, 6.45) is 3.58. The molecule has 0 aliphatic heterocycles.